The van der Waals surface area contributed by atoms with Crippen LogP contribution in [0.1, 0.15) is 18.2 Å². The Kier molecular flexibility index (Phi) is 6.01. The predicted molar refractivity (Wildman–Crippen MR) is 122 cm³/mol. The molecule has 0 saturated carbocycles. The Hall–Kier alpha value is -3.57. The summed E-state index contributed by atoms with van der Waals surface area (Å²) in [5.74, 6) is 0.414. The number of hydrogen-bond acceptors (Lipinski definition) is 4. The summed E-state index contributed by atoms with van der Waals surface area (Å²) in [7, 11) is 1.63. The van der Waals surface area contributed by atoms with Crippen LogP contribution < -0.4 is 10.3 Å². The molecule has 0 saturated heterocycles. The monoisotopic (exact) mass is 451 g/mol. The van der Waals surface area contributed by atoms with Crippen LogP contribution in [0.4, 0.5) is 8.78 Å². The highest BCUT2D eigenvalue weighted by molar-refractivity contribution is 7.98. The van der Waals surface area contributed by atoms with E-state index < -0.39 is 11.6 Å². The predicted octanol–water partition coefficient (Wildman–Crippen LogP) is 5.73. The Labute approximate surface area is 187 Å². The fourth-order valence-electron chi connectivity index (χ4n) is 3.47. The summed E-state index contributed by atoms with van der Waals surface area (Å²) in [4.78, 5) is 15.6. The maximum absolute atomic E-state index is 14.3. The number of aromatic nitrogens is 2. The molecule has 8 heteroatoms. The van der Waals surface area contributed by atoms with Crippen molar-refractivity contribution in [2.45, 2.75) is 12.7 Å². The zero-order chi connectivity index (χ0) is 22.8. The van der Waals surface area contributed by atoms with Crippen molar-refractivity contribution in [1.29, 1.82) is 5.26 Å². The number of aryl methyl sites for hydroxylation is 1. The van der Waals surface area contributed by atoms with Crippen LogP contribution in [-0.2, 0) is 12.8 Å². The molecule has 0 fully saturated rings. The molecular formula is C24H19F2N3O2S. The average Bonchev–Trinajstić information content (AvgIpc) is 3.22. The van der Waals surface area contributed by atoms with Crippen molar-refractivity contribution in [3.8, 4) is 28.7 Å². The molecule has 0 radical (unpaired) electrons. The lowest BCUT2D eigenvalue weighted by molar-refractivity contribution is 0.439. The molecule has 32 heavy (non-hydrogen) atoms. The molecule has 0 unspecified atom stereocenters. The first-order chi connectivity index (χ1) is 15.4. The number of halogens is 2. The van der Waals surface area contributed by atoms with Gasteiger partial charge in [0.25, 0.3) is 5.56 Å². The van der Waals surface area contributed by atoms with E-state index in [0.29, 0.717) is 27.8 Å². The van der Waals surface area contributed by atoms with Crippen LogP contribution >= 0.6 is 11.8 Å². The van der Waals surface area contributed by atoms with Crippen molar-refractivity contribution in [3.63, 3.8) is 0 Å². The van der Waals surface area contributed by atoms with E-state index in [-0.39, 0.29) is 17.0 Å². The normalized spacial score (nSPS) is 11.0. The Bertz CT molecular complexity index is 1420. The van der Waals surface area contributed by atoms with Crippen LogP contribution in [0.15, 0.2) is 53.5 Å². The van der Waals surface area contributed by atoms with Gasteiger partial charge in [0.05, 0.1) is 10.9 Å². The summed E-state index contributed by atoms with van der Waals surface area (Å²) in [6, 6.07) is 12.2. The number of fused-ring (bicyclic) bond motifs is 1. The molecule has 0 aliphatic rings. The van der Waals surface area contributed by atoms with Crippen molar-refractivity contribution < 1.29 is 13.5 Å². The number of rotatable bonds is 6. The smallest absolute Gasteiger partial charge is 0.259 e. The number of nitrogens with zero attached hydrogens (tertiary/aromatic N) is 2. The van der Waals surface area contributed by atoms with E-state index in [1.807, 2.05) is 18.2 Å². The third-order valence-corrected chi connectivity index (χ3v) is 5.95. The van der Waals surface area contributed by atoms with E-state index >= 15 is 0 Å². The Morgan fingerprint density at radius 3 is 2.62 bits per heavy atom. The third kappa shape index (κ3) is 4.12. The van der Waals surface area contributed by atoms with Gasteiger partial charge in [0.2, 0.25) is 0 Å². The molecule has 0 amide bonds. The standard InChI is InChI=1S/C24H19F2N3O2S/c1-3-32-13-14-4-6-21(31-22-7-5-15(25)9-20(22)26)17(8-14)19-12-29(2)24(30)18-10-16(11-27)28-23(18)19/h4-10,12,28H,3,13H2,1-2H3. The van der Waals surface area contributed by atoms with Crippen molar-refractivity contribution in [2.75, 3.05) is 5.75 Å². The van der Waals surface area contributed by atoms with Crippen LogP contribution in [-0.4, -0.2) is 15.3 Å². The van der Waals surface area contributed by atoms with Crippen LogP contribution in [0, 0.1) is 23.0 Å². The van der Waals surface area contributed by atoms with Crippen molar-refractivity contribution in [1.82, 2.24) is 9.55 Å². The SMILES string of the molecule is CCSCc1ccc(Oc2ccc(F)cc2F)c(-c2cn(C)c(=O)c3cc(C#N)[nH]c23)c1. The lowest BCUT2D eigenvalue weighted by atomic mass is 10.0. The van der Waals surface area contributed by atoms with E-state index in [2.05, 4.69) is 11.9 Å². The molecule has 0 aliphatic carbocycles. The number of ether oxygens (including phenoxy) is 1. The minimum absolute atomic E-state index is 0.117. The van der Waals surface area contributed by atoms with Gasteiger partial charge in [-0.2, -0.15) is 17.0 Å². The van der Waals surface area contributed by atoms with Gasteiger partial charge in [0.1, 0.15) is 23.3 Å². The summed E-state index contributed by atoms with van der Waals surface area (Å²) in [5, 5.41) is 9.68. The topological polar surface area (TPSA) is 70.8 Å². The molecule has 0 spiro atoms. The molecule has 0 atom stereocenters. The zero-order valence-electron chi connectivity index (χ0n) is 17.4. The number of H-pyrrole nitrogens is 1. The first kappa shape index (κ1) is 21.7. The van der Waals surface area contributed by atoms with Gasteiger partial charge >= 0.3 is 0 Å². The maximum atomic E-state index is 14.3. The van der Waals surface area contributed by atoms with Crippen LogP contribution in [0.3, 0.4) is 0 Å². The van der Waals surface area contributed by atoms with Gasteiger partial charge in [0, 0.05) is 36.2 Å². The number of nitrogens with one attached hydrogen (secondary N) is 1. The molecular weight excluding hydrogens is 432 g/mol. The first-order valence-electron chi connectivity index (χ1n) is 9.87. The number of aromatic amines is 1. The van der Waals surface area contributed by atoms with Gasteiger partial charge in [-0.3, -0.25) is 4.79 Å². The van der Waals surface area contributed by atoms with E-state index in [1.165, 1.54) is 16.7 Å². The van der Waals surface area contributed by atoms with Gasteiger partial charge in [-0.1, -0.05) is 13.0 Å². The highest BCUT2D eigenvalue weighted by Gasteiger charge is 2.18. The summed E-state index contributed by atoms with van der Waals surface area (Å²) in [6.45, 7) is 2.07. The Morgan fingerprint density at radius 2 is 1.91 bits per heavy atom. The number of pyridine rings is 1. The summed E-state index contributed by atoms with van der Waals surface area (Å²) >= 11 is 1.75. The van der Waals surface area contributed by atoms with Crippen LogP contribution in [0.25, 0.3) is 22.0 Å². The molecule has 4 aromatic rings. The van der Waals surface area contributed by atoms with Gasteiger partial charge in [0.15, 0.2) is 11.6 Å². The maximum Gasteiger partial charge on any atom is 0.259 e. The molecule has 162 valence electrons. The van der Waals surface area contributed by atoms with E-state index in [1.54, 1.807) is 31.1 Å². The largest absolute Gasteiger partial charge is 0.454 e. The second-order valence-corrected chi connectivity index (χ2v) is 8.46. The third-order valence-electron chi connectivity index (χ3n) is 5.00. The van der Waals surface area contributed by atoms with Crippen LogP contribution in [0.5, 0.6) is 11.5 Å². The van der Waals surface area contributed by atoms with Crippen LogP contribution in [0.2, 0.25) is 0 Å². The van der Waals surface area contributed by atoms with Crippen molar-refractivity contribution in [2.24, 2.45) is 7.05 Å². The molecule has 0 bridgehead atoms. The molecule has 4 rings (SSSR count). The number of hydrogen-bond donors (Lipinski definition) is 1. The molecule has 1 N–H and O–H groups in total. The molecule has 5 nitrogen and oxygen atoms in total. The van der Waals surface area contributed by atoms with Gasteiger partial charge < -0.3 is 14.3 Å². The molecule has 0 aliphatic heterocycles. The quantitative estimate of drug-likeness (QED) is 0.406. The molecule has 2 heterocycles. The zero-order valence-corrected chi connectivity index (χ0v) is 18.2. The van der Waals surface area contributed by atoms with E-state index in [0.717, 1.165) is 29.2 Å². The van der Waals surface area contributed by atoms with Gasteiger partial charge in [-0.25, -0.2) is 8.78 Å². The lowest BCUT2D eigenvalue weighted by Crippen LogP contribution is -2.16. The fourth-order valence-corrected chi connectivity index (χ4v) is 4.09. The summed E-state index contributed by atoms with van der Waals surface area (Å²) in [5.41, 5.74) is 2.78. The highest BCUT2D eigenvalue weighted by atomic mass is 32.2. The molecule has 2 aromatic carbocycles. The van der Waals surface area contributed by atoms with E-state index in [4.69, 9.17) is 4.74 Å². The van der Waals surface area contributed by atoms with E-state index in [9.17, 15) is 18.8 Å². The highest BCUT2D eigenvalue weighted by Crippen LogP contribution is 2.38. The van der Waals surface area contributed by atoms with Gasteiger partial charge in [-0.05, 0) is 41.6 Å². The average molecular weight is 451 g/mol. The Morgan fingerprint density at radius 1 is 1.12 bits per heavy atom. The van der Waals surface area contributed by atoms with Crippen molar-refractivity contribution >= 4 is 22.7 Å². The number of nitriles is 1. The van der Waals surface area contributed by atoms with Crippen molar-refractivity contribution in [3.05, 3.63) is 81.9 Å². The summed E-state index contributed by atoms with van der Waals surface area (Å²) < 4.78 is 34.9. The number of thioether (sulfide) groups is 1. The Balaban J connectivity index is 1.93. The summed E-state index contributed by atoms with van der Waals surface area (Å²) in [6.07, 6.45) is 1.66. The fraction of sp³-hybridized carbons (Fsp3) is 0.167. The number of benzene rings is 2. The second-order valence-electron chi connectivity index (χ2n) is 7.19. The minimum Gasteiger partial charge on any atom is -0.454 e. The lowest BCUT2D eigenvalue weighted by Gasteiger charge is -2.15. The minimum atomic E-state index is -0.821. The van der Waals surface area contributed by atoms with Gasteiger partial charge in [-0.15, -0.1) is 0 Å². The first-order valence-corrected chi connectivity index (χ1v) is 11.0. The second kappa shape index (κ2) is 8.89. The molecule has 2 aromatic heterocycles.